The van der Waals surface area contributed by atoms with E-state index in [9.17, 15) is 9.59 Å². The van der Waals surface area contributed by atoms with Gasteiger partial charge in [0.1, 0.15) is 6.04 Å². The number of nitrogens with one attached hydrogen (secondary N) is 2. The lowest BCUT2D eigenvalue weighted by atomic mass is 10.0. The number of hydrogen-bond acceptors (Lipinski definition) is 4. The van der Waals surface area contributed by atoms with E-state index in [0.717, 1.165) is 5.56 Å². The maximum atomic E-state index is 12.2. The van der Waals surface area contributed by atoms with Crippen molar-refractivity contribution in [1.29, 1.82) is 0 Å². The predicted molar refractivity (Wildman–Crippen MR) is 73.6 cm³/mol. The van der Waals surface area contributed by atoms with Crippen LogP contribution < -0.4 is 10.6 Å². The average Bonchev–Trinajstić information content (AvgIpc) is 2.43. The van der Waals surface area contributed by atoms with Gasteiger partial charge in [-0.15, -0.1) is 11.8 Å². The SMILES string of the molecule is CS[C@@]1(Cc2ccccc2)NC(=O)[C@H](CO)NC1=O. The molecule has 1 fully saturated rings. The Bertz CT molecular complexity index is 480. The van der Waals surface area contributed by atoms with Crippen LogP contribution >= 0.6 is 11.8 Å². The second-order valence-corrected chi connectivity index (χ2v) is 5.50. The number of thioether (sulfide) groups is 1. The van der Waals surface area contributed by atoms with Crippen molar-refractivity contribution in [3.8, 4) is 0 Å². The molecule has 0 spiro atoms. The number of carbonyl (C=O) groups is 2. The molecule has 0 aliphatic carbocycles. The van der Waals surface area contributed by atoms with E-state index in [0.29, 0.717) is 6.42 Å². The Kier molecular flexibility index (Phi) is 4.11. The monoisotopic (exact) mass is 280 g/mol. The number of aliphatic hydroxyl groups excluding tert-OH is 1. The molecule has 6 heteroatoms. The van der Waals surface area contributed by atoms with Gasteiger partial charge in [0.25, 0.3) is 5.91 Å². The summed E-state index contributed by atoms with van der Waals surface area (Å²) in [5, 5.41) is 14.3. The van der Waals surface area contributed by atoms with E-state index < -0.39 is 17.5 Å². The maximum Gasteiger partial charge on any atom is 0.257 e. The minimum atomic E-state index is -1.01. The molecule has 0 aromatic heterocycles. The van der Waals surface area contributed by atoms with Gasteiger partial charge in [-0.05, 0) is 11.8 Å². The molecule has 2 amide bonds. The van der Waals surface area contributed by atoms with Crippen LogP contribution in [0, 0.1) is 0 Å². The normalized spacial score (nSPS) is 26.7. The number of benzene rings is 1. The number of piperazine rings is 1. The summed E-state index contributed by atoms with van der Waals surface area (Å²) in [6.45, 7) is -0.395. The van der Waals surface area contributed by atoms with Gasteiger partial charge in [-0.3, -0.25) is 9.59 Å². The minimum absolute atomic E-state index is 0.275. The van der Waals surface area contributed by atoms with E-state index in [-0.39, 0.29) is 11.8 Å². The van der Waals surface area contributed by atoms with Crippen LogP contribution in [0.4, 0.5) is 0 Å². The highest BCUT2D eigenvalue weighted by Crippen LogP contribution is 2.27. The highest BCUT2D eigenvalue weighted by molar-refractivity contribution is 8.00. The molecule has 0 saturated carbocycles. The lowest BCUT2D eigenvalue weighted by Crippen LogP contribution is -2.69. The van der Waals surface area contributed by atoms with Crippen molar-refractivity contribution < 1.29 is 14.7 Å². The lowest BCUT2D eigenvalue weighted by Gasteiger charge is -2.38. The third-order valence-electron chi connectivity index (χ3n) is 3.14. The van der Waals surface area contributed by atoms with Crippen molar-refractivity contribution in [2.45, 2.75) is 17.3 Å². The van der Waals surface area contributed by atoms with Crippen LogP contribution in [0.25, 0.3) is 0 Å². The van der Waals surface area contributed by atoms with Gasteiger partial charge < -0.3 is 15.7 Å². The summed E-state index contributed by atoms with van der Waals surface area (Å²) in [6.07, 6.45) is 2.19. The maximum absolute atomic E-state index is 12.2. The van der Waals surface area contributed by atoms with E-state index in [4.69, 9.17) is 5.11 Å². The van der Waals surface area contributed by atoms with Gasteiger partial charge in [-0.25, -0.2) is 0 Å². The zero-order chi connectivity index (χ0) is 13.9. The topological polar surface area (TPSA) is 78.4 Å². The highest BCUT2D eigenvalue weighted by Gasteiger charge is 2.45. The molecule has 5 nitrogen and oxygen atoms in total. The van der Waals surface area contributed by atoms with Gasteiger partial charge in [0.2, 0.25) is 5.91 Å². The van der Waals surface area contributed by atoms with E-state index >= 15 is 0 Å². The summed E-state index contributed by atoms with van der Waals surface area (Å²) in [4.78, 5) is 23.0. The van der Waals surface area contributed by atoms with Crippen molar-refractivity contribution >= 4 is 23.6 Å². The molecule has 0 bridgehead atoms. The van der Waals surface area contributed by atoms with Crippen LogP contribution in [-0.4, -0.2) is 40.7 Å². The molecule has 1 aliphatic rings. The third kappa shape index (κ3) is 2.74. The summed E-state index contributed by atoms with van der Waals surface area (Å²) in [7, 11) is 0. The summed E-state index contributed by atoms with van der Waals surface area (Å²) in [6, 6.07) is 8.65. The fraction of sp³-hybridized carbons (Fsp3) is 0.385. The summed E-state index contributed by atoms with van der Waals surface area (Å²) < 4.78 is 0. The van der Waals surface area contributed by atoms with Crippen molar-refractivity contribution in [2.24, 2.45) is 0 Å². The van der Waals surface area contributed by atoms with Crippen LogP contribution in [0.2, 0.25) is 0 Å². The number of carbonyl (C=O) groups excluding carboxylic acids is 2. The Hall–Kier alpha value is -1.53. The second kappa shape index (κ2) is 5.63. The summed E-state index contributed by atoms with van der Waals surface area (Å²) in [5.41, 5.74) is 0.967. The van der Waals surface area contributed by atoms with Crippen molar-refractivity contribution in [3.05, 3.63) is 35.9 Å². The molecule has 1 heterocycles. The van der Waals surface area contributed by atoms with Gasteiger partial charge in [0.05, 0.1) is 6.61 Å². The molecule has 1 aromatic carbocycles. The quantitative estimate of drug-likeness (QED) is 0.719. The van der Waals surface area contributed by atoms with E-state index in [1.165, 1.54) is 11.8 Å². The first-order valence-electron chi connectivity index (χ1n) is 5.94. The Labute approximate surface area is 115 Å². The molecule has 2 atom stereocenters. The van der Waals surface area contributed by atoms with Gasteiger partial charge in [-0.2, -0.15) is 0 Å². The smallest absolute Gasteiger partial charge is 0.257 e. The van der Waals surface area contributed by atoms with E-state index in [2.05, 4.69) is 10.6 Å². The largest absolute Gasteiger partial charge is 0.394 e. The number of amides is 2. The van der Waals surface area contributed by atoms with Gasteiger partial charge in [0, 0.05) is 6.42 Å². The molecule has 2 rings (SSSR count). The van der Waals surface area contributed by atoms with Crippen LogP contribution in [0.3, 0.4) is 0 Å². The standard InChI is InChI=1S/C13H16N2O3S/c1-19-13(7-9-5-3-2-4-6-9)12(18)14-10(8-16)11(17)15-13/h2-6,10,16H,7-8H2,1H3,(H,14,18)(H,15,17)/t10-,13+/m0/s1. The Morgan fingerprint density at radius 2 is 2.00 bits per heavy atom. The molecule has 102 valence electrons. The van der Waals surface area contributed by atoms with Crippen LogP contribution in [-0.2, 0) is 16.0 Å². The molecule has 1 saturated heterocycles. The molecule has 3 N–H and O–H groups in total. The van der Waals surface area contributed by atoms with Crippen LogP contribution in [0.15, 0.2) is 30.3 Å². The zero-order valence-corrected chi connectivity index (χ0v) is 11.4. The highest BCUT2D eigenvalue weighted by atomic mass is 32.2. The van der Waals surface area contributed by atoms with E-state index in [1.54, 1.807) is 6.26 Å². The van der Waals surface area contributed by atoms with Crippen LogP contribution in [0.1, 0.15) is 5.56 Å². The first kappa shape index (κ1) is 13.9. The van der Waals surface area contributed by atoms with Crippen LogP contribution in [0.5, 0.6) is 0 Å². The van der Waals surface area contributed by atoms with Gasteiger partial charge >= 0.3 is 0 Å². The minimum Gasteiger partial charge on any atom is -0.394 e. The Morgan fingerprint density at radius 3 is 2.58 bits per heavy atom. The Balaban J connectivity index is 2.23. The second-order valence-electron chi connectivity index (χ2n) is 4.39. The fourth-order valence-electron chi connectivity index (χ4n) is 2.04. The molecule has 1 aromatic rings. The average molecular weight is 280 g/mol. The molecule has 0 unspecified atom stereocenters. The fourth-order valence-corrected chi connectivity index (χ4v) is 2.79. The predicted octanol–water partition coefficient (Wildman–Crippen LogP) is -0.105. The number of hydrogen-bond donors (Lipinski definition) is 3. The number of aliphatic hydroxyl groups is 1. The molecular formula is C13H16N2O3S. The number of rotatable bonds is 4. The van der Waals surface area contributed by atoms with Crippen molar-refractivity contribution in [2.75, 3.05) is 12.9 Å². The summed E-state index contributed by atoms with van der Waals surface area (Å²) >= 11 is 1.29. The van der Waals surface area contributed by atoms with E-state index in [1.807, 2.05) is 30.3 Å². The van der Waals surface area contributed by atoms with Gasteiger partial charge in [0.15, 0.2) is 4.87 Å². The third-order valence-corrected chi connectivity index (χ3v) is 4.27. The molecule has 1 aliphatic heterocycles. The lowest BCUT2D eigenvalue weighted by molar-refractivity contribution is -0.139. The first-order valence-corrected chi connectivity index (χ1v) is 7.16. The zero-order valence-electron chi connectivity index (χ0n) is 10.6. The first-order chi connectivity index (χ1) is 9.11. The molecule has 19 heavy (non-hydrogen) atoms. The van der Waals surface area contributed by atoms with Gasteiger partial charge in [-0.1, -0.05) is 30.3 Å². The van der Waals surface area contributed by atoms with Crippen molar-refractivity contribution in [1.82, 2.24) is 10.6 Å². The summed E-state index contributed by atoms with van der Waals surface area (Å²) in [5.74, 6) is -0.630. The molecule has 0 radical (unpaired) electrons. The molecular weight excluding hydrogens is 264 g/mol. The van der Waals surface area contributed by atoms with Crippen molar-refractivity contribution in [3.63, 3.8) is 0 Å². The Morgan fingerprint density at radius 1 is 1.32 bits per heavy atom.